The summed E-state index contributed by atoms with van der Waals surface area (Å²) in [4.78, 5) is 0. The van der Waals surface area contributed by atoms with Crippen molar-refractivity contribution in [1.82, 2.24) is 0 Å². The average Bonchev–Trinajstić information content (AvgIpc) is 2.79. The van der Waals surface area contributed by atoms with Gasteiger partial charge in [-0.1, -0.05) is 0 Å². The zero-order chi connectivity index (χ0) is 8.72. The largest absolute Gasteiger partial charge is 0.399 e. The molecule has 1 aliphatic carbocycles. The van der Waals surface area contributed by atoms with Crippen LogP contribution in [0.3, 0.4) is 0 Å². The lowest BCUT2D eigenvalue weighted by Gasteiger charge is -2.02. The fourth-order valence-corrected chi connectivity index (χ4v) is 1.32. The van der Waals surface area contributed by atoms with Gasteiger partial charge in [-0.2, -0.15) is 0 Å². The maximum Gasteiger partial charge on any atom is 0.162 e. The van der Waals surface area contributed by atoms with Crippen LogP contribution in [0.15, 0.2) is 12.1 Å². The van der Waals surface area contributed by atoms with E-state index in [1.165, 1.54) is 6.07 Å². The maximum absolute atomic E-state index is 13.0. The molecule has 2 N–H and O–H groups in total. The number of nitrogen functional groups attached to an aromatic ring is 1. The van der Waals surface area contributed by atoms with E-state index < -0.39 is 11.6 Å². The fraction of sp³-hybridized carbons (Fsp3) is 0.333. The van der Waals surface area contributed by atoms with Crippen LogP contribution in [0.2, 0.25) is 0 Å². The third-order valence-corrected chi connectivity index (χ3v) is 2.10. The van der Waals surface area contributed by atoms with Gasteiger partial charge in [-0.05, 0) is 36.5 Å². The van der Waals surface area contributed by atoms with Crippen molar-refractivity contribution in [2.75, 3.05) is 5.73 Å². The molecule has 12 heavy (non-hydrogen) atoms. The second-order valence-electron chi connectivity index (χ2n) is 3.18. The molecule has 0 bridgehead atoms. The first-order valence-corrected chi connectivity index (χ1v) is 3.93. The lowest BCUT2D eigenvalue weighted by molar-refractivity contribution is 0.500. The molecule has 1 nitrogen and oxygen atoms in total. The molecule has 0 aromatic heterocycles. The van der Waals surface area contributed by atoms with E-state index in [4.69, 9.17) is 5.73 Å². The Kier molecular flexibility index (Phi) is 1.53. The maximum atomic E-state index is 13.0. The van der Waals surface area contributed by atoms with E-state index in [1.54, 1.807) is 0 Å². The zero-order valence-electron chi connectivity index (χ0n) is 6.48. The molecule has 1 saturated carbocycles. The predicted molar refractivity (Wildman–Crippen MR) is 42.7 cm³/mol. The normalized spacial score (nSPS) is 16.5. The smallest absolute Gasteiger partial charge is 0.162 e. The molecular formula is C9H9F2N. The molecule has 0 aliphatic heterocycles. The van der Waals surface area contributed by atoms with Crippen LogP contribution < -0.4 is 5.73 Å². The summed E-state index contributed by atoms with van der Waals surface area (Å²) in [6, 6.07) is 2.54. The molecule has 3 heteroatoms. The minimum atomic E-state index is -0.836. The lowest BCUT2D eigenvalue weighted by Crippen LogP contribution is -1.96. The van der Waals surface area contributed by atoms with Crippen molar-refractivity contribution in [3.63, 3.8) is 0 Å². The molecule has 0 atom stereocenters. The van der Waals surface area contributed by atoms with Crippen LogP contribution in [-0.2, 0) is 0 Å². The third kappa shape index (κ3) is 1.15. The van der Waals surface area contributed by atoms with Gasteiger partial charge in [0, 0.05) is 5.69 Å². The predicted octanol–water partition coefficient (Wildman–Crippen LogP) is 2.42. The van der Waals surface area contributed by atoms with Crippen molar-refractivity contribution >= 4 is 5.69 Å². The Morgan fingerprint density at radius 1 is 1.25 bits per heavy atom. The minimum Gasteiger partial charge on any atom is -0.399 e. The second-order valence-corrected chi connectivity index (χ2v) is 3.18. The van der Waals surface area contributed by atoms with E-state index >= 15 is 0 Å². The standard InChI is InChI=1S/C9H9F2N/c10-8-4-6(12)3-7(9(8)11)5-1-2-5/h3-5H,1-2,12H2. The quantitative estimate of drug-likeness (QED) is 0.642. The van der Waals surface area contributed by atoms with Crippen LogP contribution >= 0.6 is 0 Å². The summed E-state index contributed by atoms with van der Waals surface area (Å²) in [5, 5.41) is 0. The molecule has 0 heterocycles. The highest BCUT2D eigenvalue weighted by Crippen LogP contribution is 2.42. The molecule has 0 amide bonds. The number of halogens is 2. The Hall–Kier alpha value is -1.12. The van der Waals surface area contributed by atoms with Gasteiger partial charge in [0.25, 0.3) is 0 Å². The van der Waals surface area contributed by atoms with Gasteiger partial charge in [0.05, 0.1) is 0 Å². The monoisotopic (exact) mass is 169 g/mol. The molecule has 1 fully saturated rings. The average molecular weight is 169 g/mol. The first-order chi connectivity index (χ1) is 5.68. The Balaban J connectivity index is 2.51. The molecular weight excluding hydrogens is 160 g/mol. The van der Waals surface area contributed by atoms with E-state index in [1.807, 2.05) is 0 Å². The van der Waals surface area contributed by atoms with E-state index in [0.717, 1.165) is 18.9 Å². The van der Waals surface area contributed by atoms with E-state index in [2.05, 4.69) is 0 Å². The zero-order valence-corrected chi connectivity index (χ0v) is 6.48. The minimum absolute atomic E-state index is 0.197. The summed E-state index contributed by atoms with van der Waals surface area (Å²) in [6.07, 6.45) is 1.89. The van der Waals surface area contributed by atoms with Crippen LogP contribution in [0.1, 0.15) is 24.3 Å². The van der Waals surface area contributed by atoms with Crippen molar-refractivity contribution in [3.8, 4) is 0 Å². The van der Waals surface area contributed by atoms with Gasteiger partial charge < -0.3 is 5.73 Å². The number of hydrogen-bond donors (Lipinski definition) is 1. The molecule has 0 spiro atoms. The van der Waals surface area contributed by atoms with Gasteiger partial charge in [0.1, 0.15) is 0 Å². The highest BCUT2D eigenvalue weighted by Gasteiger charge is 2.28. The highest BCUT2D eigenvalue weighted by molar-refractivity contribution is 5.44. The van der Waals surface area contributed by atoms with Crippen LogP contribution in [0.5, 0.6) is 0 Å². The van der Waals surface area contributed by atoms with Gasteiger partial charge in [-0.15, -0.1) is 0 Å². The molecule has 1 aliphatic rings. The first-order valence-electron chi connectivity index (χ1n) is 3.93. The van der Waals surface area contributed by atoms with Crippen LogP contribution in [0, 0.1) is 11.6 Å². The SMILES string of the molecule is Nc1cc(F)c(F)c(C2CC2)c1. The van der Waals surface area contributed by atoms with E-state index in [0.29, 0.717) is 11.3 Å². The molecule has 0 saturated heterocycles. The Morgan fingerprint density at radius 3 is 2.50 bits per heavy atom. The molecule has 0 unspecified atom stereocenters. The van der Waals surface area contributed by atoms with Crippen molar-refractivity contribution in [2.24, 2.45) is 0 Å². The van der Waals surface area contributed by atoms with Gasteiger partial charge in [0.15, 0.2) is 11.6 Å². The molecule has 2 rings (SSSR count). The summed E-state index contributed by atoms with van der Waals surface area (Å²) >= 11 is 0. The highest BCUT2D eigenvalue weighted by atomic mass is 19.2. The van der Waals surface area contributed by atoms with Gasteiger partial charge in [-0.3, -0.25) is 0 Å². The number of rotatable bonds is 1. The van der Waals surface area contributed by atoms with Crippen molar-refractivity contribution < 1.29 is 8.78 Å². The van der Waals surface area contributed by atoms with Gasteiger partial charge >= 0.3 is 0 Å². The van der Waals surface area contributed by atoms with Crippen LogP contribution in [0.4, 0.5) is 14.5 Å². The van der Waals surface area contributed by atoms with Crippen molar-refractivity contribution in [3.05, 3.63) is 29.3 Å². The summed E-state index contributed by atoms with van der Waals surface area (Å²) in [5.41, 5.74) is 6.13. The van der Waals surface area contributed by atoms with Crippen molar-refractivity contribution in [1.29, 1.82) is 0 Å². The third-order valence-electron chi connectivity index (χ3n) is 2.10. The first kappa shape index (κ1) is 7.53. The lowest BCUT2D eigenvalue weighted by atomic mass is 10.1. The number of anilines is 1. The molecule has 1 aromatic rings. The van der Waals surface area contributed by atoms with Gasteiger partial charge in [-0.25, -0.2) is 8.78 Å². The summed E-state index contributed by atoms with van der Waals surface area (Å²) in [5.74, 6) is -1.37. The molecule has 1 aromatic carbocycles. The topological polar surface area (TPSA) is 26.0 Å². The summed E-state index contributed by atoms with van der Waals surface area (Å²) in [6.45, 7) is 0. The second kappa shape index (κ2) is 2.44. The number of hydrogen-bond acceptors (Lipinski definition) is 1. The van der Waals surface area contributed by atoms with Gasteiger partial charge in [0.2, 0.25) is 0 Å². The Morgan fingerprint density at radius 2 is 1.92 bits per heavy atom. The van der Waals surface area contributed by atoms with E-state index in [9.17, 15) is 8.78 Å². The fourth-order valence-electron chi connectivity index (χ4n) is 1.32. The van der Waals surface area contributed by atoms with Crippen molar-refractivity contribution in [2.45, 2.75) is 18.8 Å². The summed E-state index contributed by atoms with van der Waals surface area (Å²) < 4.78 is 25.8. The number of benzene rings is 1. The molecule has 0 radical (unpaired) electrons. The summed E-state index contributed by atoms with van der Waals surface area (Å²) in [7, 11) is 0. The van der Waals surface area contributed by atoms with Crippen LogP contribution in [0.25, 0.3) is 0 Å². The Labute approximate surface area is 69.2 Å². The molecule has 64 valence electrons. The van der Waals surface area contributed by atoms with E-state index in [-0.39, 0.29) is 5.92 Å². The Bertz CT molecular complexity index is 319. The number of nitrogens with two attached hydrogens (primary N) is 1. The van der Waals surface area contributed by atoms with Crippen LogP contribution in [-0.4, -0.2) is 0 Å².